The summed E-state index contributed by atoms with van der Waals surface area (Å²) in [5.74, 6) is 0.122. The topological polar surface area (TPSA) is 150 Å². The van der Waals surface area contributed by atoms with Crippen LogP contribution in [0.4, 0.5) is 11.5 Å². The van der Waals surface area contributed by atoms with Gasteiger partial charge >= 0.3 is 6.01 Å². The van der Waals surface area contributed by atoms with Crippen molar-refractivity contribution in [3.05, 3.63) is 35.3 Å². The minimum Gasteiger partial charge on any atom is -0.461 e. The number of pyridine rings is 1. The van der Waals surface area contributed by atoms with Crippen LogP contribution in [0.1, 0.15) is 64.7 Å². The number of aromatic nitrogens is 3. The molecule has 2 aromatic rings. The van der Waals surface area contributed by atoms with Gasteiger partial charge in [0.1, 0.15) is 18.1 Å². The number of hydrogen-bond acceptors (Lipinski definition) is 9. The van der Waals surface area contributed by atoms with E-state index in [1.165, 1.54) is 0 Å². The molecular formula is C24H31N7O4. The third kappa shape index (κ3) is 5.14. The van der Waals surface area contributed by atoms with Gasteiger partial charge in [-0.1, -0.05) is 0 Å². The highest BCUT2D eigenvalue weighted by molar-refractivity contribution is 5.96. The molecule has 2 amide bonds. The van der Waals surface area contributed by atoms with Gasteiger partial charge < -0.3 is 30.7 Å². The largest absolute Gasteiger partial charge is 0.461 e. The molecule has 11 heteroatoms. The van der Waals surface area contributed by atoms with Crippen molar-refractivity contribution >= 4 is 23.3 Å². The number of hydrogen-bond donors (Lipinski definition) is 2. The highest BCUT2D eigenvalue weighted by Gasteiger charge is 2.28. The van der Waals surface area contributed by atoms with Crippen molar-refractivity contribution in [2.24, 2.45) is 5.73 Å². The average molecular weight is 482 g/mol. The Labute approximate surface area is 203 Å². The molecule has 3 fully saturated rings. The number of carbonyl (C=O) groups is 2. The predicted molar refractivity (Wildman–Crippen MR) is 128 cm³/mol. The van der Waals surface area contributed by atoms with Crippen LogP contribution in [0.25, 0.3) is 0 Å². The molecule has 2 aromatic heterocycles. The maximum Gasteiger partial charge on any atom is 0.319 e. The quantitative estimate of drug-likeness (QED) is 0.597. The van der Waals surface area contributed by atoms with Gasteiger partial charge in [-0.3, -0.25) is 9.59 Å². The molecule has 186 valence electrons. The lowest BCUT2D eigenvalue weighted by atomic mass is 9.92. The summed E-state index contributed by atoms with van der Waals surface area (Å²) < 4.78 is 11.5. The summed E-state index contributed by atoms with van der Waals surface area (Å²) in [4.78, 5) is 41.9. The molecule has 0 aliphatic carbocycles. The van der Waals surface area contributed by atoms with E-state index in [-0.39, 0.29) is 35.3 Å². The molecular weight excluding hydrogens is 450 g/mol. The fourth-order valence-electron chi connectivity index (χ4n) is 4.69. The van der Waals surface area contributed by atoms with E-state index in [0.29, 0.717) is 31.2 Å². The minimum absolute atomic E-state index is 0.0326. The summed E-state index contributed by atoms with van der Waals surface area (Å²) >= 11 is 0. The Balaban J connectivity index is 1.31. The molecule has 5 heterocycles. The lowest BCUT2D eigenvalue weighted by molar-refractivity contribution is 0.0618. The van der Waals surface area contributed by atoms with Crippen molar-refractivity contribution in [1.82, 2.24) is 19.9 Å². The number of nitrogen functional groups attached to an aromatic ring is 1. The van der Waals surface area contributed by atoms with E-state index in [0.717, 1.165) is 57.5 Å². The highest BCUT2D eigenvalue weighted by atomic mass is 16.5. The van der Waals surface area contributed by atoms with Crippen LogP contribution in [0.2, 0.25) is 0 Å². The van der Waals surface area contributed by atoms with Crippen LogP contribution >= 0.6 is 0 Å². The number of nitrogens with zero attached hydrogens (tertiary/aromatic N) is 5. The molecule has 4 N–H and O–H groups in total. The molecule has 0 bridgehead atoms. The number of ether oxygens (including phenoxy) is 2. The second kappa shape index (κ2) is 10.0. The van der Waals surface area contributed by atoms with Crippen LogP contribution in [0.3, 0.4) is 0 Å². The zero-order valence-electron chi connectivity index (χ0n) is 19.7. The Bertz CT molecular complexity index is 1090. The van der Waals surface area contributed by atoms with Gasteiger partial charge in [0.25, 0.3) is 11.8 Å². The number of piperidine rings is 1. The number of anilines is 2. The highest BCUT2D eigenvalue weighted by Crippen LogP contribution is 2.31. The number of carbonyl (C=O) groups excluding carboxylic acids is 2. The average Bonchev–Trinajstić information content (AvgIpc) is 3.35. The molecule has 0 saturated carbocycles. The van der Waals surface area contributed by atoms with Crippen LogP contribution < -0.4 is 21.1 Å². The summed E-state index contributed by atoms with van der Waals surface area (Å²) in [6, 6.07) is 5.50. The molecule has 5 rings (SSSR count). The molecule has 0 unspecified atom stereocenters. The standard InChI is InChI=1S/C24H31N7O4/c25-17-4-5-18(27-21(17)22(26)32)15-6-10-30(11-7-15)20-13-19(23(33)31-8-2-9-31)28-24(29-20)35-14-16-3-1-12-34-16/h4-5,13,15-16H,1-3,6-12,14,25H2,(H2,26,32)/t16-/m1/s1. The van der Waals surface area contributed by atoms with E-state index in [9.17, 15) is 9.59 Å². The van der Waals surface area contributed by atoms with Crippen molar-refractivity contribution < 1.29 is 19.1 Å². The summed E-state index contributed by atoms with van der Waals surface area (Å²) in [7, 11) is 0. The van der Waals surface area contributed by atoms with E-state index < -0.39 is 5.91 Å². The Morgan fingerprint density at radius 1 is 1.06 bits per heavy atom. The molecule has 3 aliphatic rings. The predicted octanol–water partition coefficient (Wildman–Crippen LogP) is 1.34. The van der Waals surface area contributed by atoms with Crippen LogP contribution in [-0.4, -0.2) is 77.2 Å². The van der Waals surface area contributed by atoms with Gasteiger partial charge in [-0.05, 0) is 44.2 Å². The van der Waals surface area contributed by atoms with Crippen molar-refractivity contribution in [3.8, 4) is 6.01 Å². The number of primary amides is 1. The first-order valence-electron chi connectivity index (χ1n) is 12.2. The molecule has 0 spiro atoms. The van der Waals surface area contributed by atoms with Crippen molar-refractivity contribution in [2.45, 2.75) is 44.1 Å². The van der Waals surface area contributed by atoms with Crippen LogP contribution in [0, 0.1) is 0 Å². The maximum atomic E-state index is 12.9. The summed E-state index contributed by atoms with van der Waals surface area (Å²) in [6.07, 6.45) is 4.62. The monoisotopic (exact) mass is 481 g/mol. The summed E-state index contributed by atoms with van der Waals surface area (Å²) in [6.45, 7) is 4.03. The molecule has 3 saturated heterocycles. The Morgan fingerprint density at radius 2 is 1.86 bits per heavy atom. The van der Waals surface area contributed by atoms with E-state index >= 15 is 0 Å². The van der Waals surface area contributed by atoms with E-state index in [4.69, 9.17) is 20.9 Å². The first-order valence-corrected chi connectivity index (χ1v) is 12.2. The van der Waals surface area contributed by atoms with Crippen LogP contribution in [-0.2, 0) is 4.74 Å². The smallest absolute Gasteiger partial charge is 0.319 e. The molecule has 3 aliphatic heterocycles. The van der Waals surface area contributed by atoms with Gasteiger partial charge in [0.15, 0.2) is 5.69 Å². The first-order chi connectivity index (χ1) is 17.0. The third-order valence-electron chi connectivity index (χ3n) is 6.90. The molecule has 11 nitrogen and oxygen atoms in total. The van der Waals surface area contributed by atoms with Crippen molar-refractivity contribution in [3.63, 3.8) is 0 Å². The number of nitrogens with two attached hydrogens (primary N) is 2. The molecule has 0 radical (unpaired) electrons. The fourth-order valence-corrected chi connectivity index (χ4v) is 4.69. The minimum atomic E-state index is -0.627. The second-order valence-corrected chi connectivity index (χ2v) is 9.29. The van der Waals surface area contributed by atoms with Crippen LogP contribution in [0.15, 0.2) is 18.2 Å². The van der Waals surface area contributed by atoms with Crippen molar-refractivity contribution in [2.75, 3.05) is 50.0 Å². The van der Waals surface area contributed by atoms with Gasteiger partial charge in [0.2, 0.25) is 0 Å². The Hall–Kier alpha value is -3.47. The molecule has 0 aromatic carbocycles. The van der Waals surface area contributed by atoms with E-state index in [1.807, 2.05) is 6.07 Å². The third-order valence-corrected chi connectivity index (χ3v) is 6.90. The van der Waals surface area contributed by atoms with Gasteiger partial charge in [0.05, 0.1) is 11.8 Å². The SMILES string of the molecule is NC(=O)c1nc(C2CCN(c3cc(C(=O)N4CCC4)nc(OC[C@H]4CCCO4)n3)CC2)ccc1N. The molecule has 1 atom stereocenters. The Morgan fingerprint density at radius 3 is 2.51 bits per heavy atom. The second-order valence-electron chi connectivity index (χ2n) is 9.29. The van der Waals surface area contributed by atoms with Gasteiger partial charge in [-0.2, -0.15) is 9.97 Å². The zero-order valence-corrected chi connectivity index (χ0v) is 19.7. The fraction of sp³-hybridized carbons (Fsp3) is 0.542. The normalized spacial score (nSPS) is 20.5. The lowest BCUT2D eigenvalue weighted by Crippen LogP contribution is -2.42. The Kier molecular flexibility index (Phi) is 6.67. The number of rotatable bonds is 7. The summed E-state index contributed by atoms with van der Waals surface area (Å²) in [5, 5.41) is 0. The van der Waals surface area contributed by atoms with E-state index in [1.54, 1.807) is 17.0 Å². The molecule has 35 heavy (non-hydrogen) atoms. The number of likely N-dealkylation sites (tertiary alicyclic amines) is 1. The van der Waals surface area contributed by atoms with Gasteiger partial charge in [-0.15, -0.1) is 0 Å². The van der Waals surface area contributed by atoms with E-state index in [2.05, 4.69) is 19.9 Å². The zero-order chi connectivity index (χ0) is 24.4. The number of amides is 2. The maximum absolute atomic E-state index is 12.9. The first kappa shape index (κ1) is 23.3. The lowest BCUT2D eigenvalue weighted by Gasteiger charge is -2.33. The van der Waals surface area contributed by atoms with Gasteiger partial charge in [0, 0.05) is 50.5 Å². The summed E-state index contributed by atoms with van der Waals surface area (Å²) in [5.41, 5.74) is 12.8. The van der Waals surface area contributed by atoms with Crippen LogP contribution in [0.5, 0.6) is 6.01 Å². The van der Waals surface area contributed by atoms with Gasteiger partial charge in [-0.25, -0.2) is 4.98 Å². The van der Waals surface area contributed by atoms with Crippen molar-refractivity contribution in [1.29, 1.82) is 0 Å².